The second kappa shape index (κ2) is 9.58. The lowest BCUT2D eigenvalue weighted by Crippen LogP contribution is -2.32. The summed E-state index contributed by atoms with van der Waals surface area (Å²) in [6, 6.07) is 3.11. The average Bonchev–Trinajstić information content (AvgIpc) is 3.09. The molecule has 0 spiro atoms. The number of hydrogen-bond donors (Lipinski definition) is 2. The van der Waals surface area contributed by atoms with Crippen molar-refractivity contribution in [1.29, 1.82) is 0 Å². The molecule has 30 heavy (non-hydrogen) atoms. The van der Waals surface area contributed by atoms with Crippen molar-refractivity contribution < 1.29 is 9.18 Å². The fourth-order valence-corrected chi connectivity index (χ4v) is 3.42. The first-order valence-corrected chi connectivity index (χ1v) is 10.1. The summed E-state index contributed by atoms with van der Waals surface area (Å²) in [7, 11) is 0. The Balaban J connectivity index is 0.00000155. The second-order valence-electron chi connectivity index (χ2n) is 7.80. The van der Waals surface area contributed by atoms with E-state index in [1.807, 2.05) is 38.2 Å². The molecule has 0 saturated heterocycles. The van der Waals surface area contributed by atoms with E-state index in [1.54, 1.807) is 19.1 Å². The molecule has 1 aliphatic carbocycles. The summed E-state index contributed by atoms with van der Waals surface area (Å²) >= 11 is 0. The summed E-state index contributed by atoms with van der Waals surface area (Å²) < 4.78 is 14.7. The van der Waals surface area contributed by atoms with E-state index in [4.69, 9.17) is 0 Å². The molecule has 2 N–H and O–H groups in total. The van der Waals surface area contributed by atoms with Gasteiger partial charge in [-0.2, -0.15) is 0 Å². The molecule has 3 atom stereocenters. The van der Waals surface area contributed by atoms with Crippen LogP contribution in [-0.4, -0.2) is 23.2 Å². The van der Waals surface area contributed by atoms with Crippen LogP contribution < -0.4 is 10.6 Å². The van der Waals surface area contributed by atoms with Gasteiger partial charge in [-0.3, -0.25) is 9.79 Å². The van der Waals surface area contributed by atoms with Crippen molar-refractivity contribution >= 4 is 17.3 Å². The first-order chi connectivity index (χ1) is 14.2. The highest BCUT2D eigenvalue weighted by Gasteiger charge is 2.33. The van der Waals surface area contributed by atoms with Gasteiger partial charge in [0.25, 0.3) is 5.91 Å². The van der Waals surface area contributed by atoms with Crippen molar-refractivity contribution in [2.75, 3.05) is 5.32 Å². The van der Waals surface area contributed by atoms with Gasteiger partial charge in [0.15, 0.2) is 0 Å². The summed E-state index contributed by atoms with van der Waals surface area (Å²) in [5.41, 5.74) is 3.07. The molecule has 2 aliphatic rings. The number of anilines is 1. The Morgan fingerprint density at radius 1 is 1.27 bits per heavy atom. The zero-order chi connectivity index (χ0) is 22.5. The fourth-order valence-electron chi connectivity index (χ4n) is 3.42. The smallest absolute Gasteiger partial charge is 0.269 e. The van der Waals surface area contributed by atoms with Crippen LogP contribution >= 0.6 is 0 Å². The number of carbonyl (C=O) groups excluding carboxylic acids is 1. The number of nitrogens with zero attached hydrogens (tertiary/aromatic N) is 1. The molecule has 0 aromatic heterocycles. The molecular weight excluding hydrogens is 377 g/mol. The van der Waals surface area contributed by atoms with Crippen molar-refractivity contribution in [2.24, 2.45) is 4.99 Å². The first-order valence-electron chi connectivity index (χ1n) is 10.1. The molecule has 1 heterocycles. The van der Waals surface area contributed by atoms with Gasteiger partial charge in [0.2, 0.25) is 0 Å². The number of allylic oxidation sites excluding steroid dienone is 2. The third-order valence-electron chi connectivity index (χ3n) is 5.44. The van der Waals surface area contributed by atoms with Crippen molar-refractivity contribution in [3.63, 3.8) is 0 Å². The number of aliphatic imine (C=N–C) groups is 1. The molecular formula is C25H30FN3O. The molecule has 0 fully saturated rings. The molecule has 0 saturated carbocycles. The number of terminal acetylenes is 1. The molecule has 1 amide bonds. The predicted molar refractivity (Wildman–Crippen MR) is 123 cm³/mol. The Morgan fingerprint density at radius 2 is 1.97 bits per heavy atom. The number of fused-ring (bicyclic) bond motifs is 1. The van der Waals surface area contributed by atoms with Crippen LogP contribution in [0, 0.1) is 25.6 Å². The Labute approximate surface area is 179 Å². The quantitative estimate of drug-likeness (QED) is 0.650. The van der Waals surface area contributed by atoms with Gasteiger partial charge < -0.3 is 10.6 Å². The lowest BCUT2D eigenvalue weighted by atomic mass is 9.90. The molecule has 1 aromatic rings. The SMILES string of the molecule is C#C.CCC(C)Nc1cc(F)c(C(C)NC(=O)C2=NC3(C)C=CC=CC3=C2)cc1C. The van der Waals surface area contributed by atoms with E-state index in [0.717, 1.165) is 23.2 Å². The highest BCUT2D eigenvalue weighted by Crippen LogP contribution is 2.32. The maximum Gasteiger partial charge on any atom is 0.269 e. The second-order valence-corrected chi connectivity index (χ2v) is 7.80. The van der Waals surface area contributed by atoms with Crippen LogP contribution in [0.15, 0.2) is 53.1 Å². The van der Waals surface area contributed by atoms with Crippen LogP contribution in [0.5, 0.6) is 0 Å². The molecule has 0 radical (unpaired) electrons. The number of nitrogens with one attached hydrogen (secondary N) is 2. The molecule has 5 heteroatoms. The molecule has 3 unspecified atom stereocenters. The Kier molecular flexibility index (Phi) is 7.39. The van der Waals surface area contributed by atoms with Crippen LogP contribution in [0.3, 0.4) is 0 Å². The van der Waals surface area contributed by atoms with Crippen molar-refractivity contribution in [1.82, 2.24) is 5.32 Å². The van der Waals surface area contributed by atoms with Crippen LogP contribution in [0.1, 0.15) is 51.3 Å². The molecule has 1 aromatic carbocycles. The maximum absolute atomic E-state index is 14.7. The largest absolute Gasteiger partial charge is 0.382 e. The number of halogens is 1. The van der Waals surface area contributed by atoms with Gasteiger partial charge >= 0.3 is 0 Å². The first kappa shape index (κ1) is 23.2. The minimum absolute atomic E-state index is 0.266. The zero-order valence-corrected chi connectivity index (χ0v) is 18.3. The standard InChI is InChI=1S/C23H28FN3O.C2H2/c1-6-15(3)25-20-13-19(24)18(11-14(20)2)16(4)26-22(28)21-12-17-9-7-8-10-23(17,5)27-21;1-2/h7-13,15-16,25H,6H2,1-5H3,(H,26,28);1-2H. The monoisotopic (exact) mass is 407 g/mol. The fraction of sp³-hybridized carbons (Fsp3) is 0.360. The van der Waals surface area contributed by atoms with Gasteiger partial charge in [0.05, 0.1) is 6.04 Å². The summed E-state index contributed by atoms with van der Waals surface area (Å²) in [6.45, 7) is 9.84. The maximum atomic E-state index is 14.7. The van der Waals surface area contributed by atoms with Crippen LogP contribution in [-0.2, 0) is 4.79 Å². The summed E-state index contributed by atoms with van der Waals surface area (Å²) in [6.07, 6.45) is 18.5. The van der Waals surface area contributed by atoms with E-state index in [-0.39, 0.29) is 17.8 Å². The summed E-state index contributed by atoms with van der Waals surface area (Å²) in [5, 5.41) is 6.20. The van der Waals surface area contributed by atoms with Crippen LogP contribution in [0.2, 0.25) is 0 Å². The number of benzene rings is 1. The van der Waals surface area contributed by atoms with Gasteiger partial charge in [-0.05, 0) is 63.5 Å². The van der Waals surface area contributed by atoms with Gasteiger partial charge in [-0.1, -0.05) is 31.2 Å². The molecule has 3 rings (SSSR count). The van der Waals surface area contributed by atoms with Crippen molar-refractivity contribution in [3.05, 3.63) is 65.0 Å². The van der Waals surface area contributed by atoms with Gasteiger partial charge in [-0.15, -0.1) is 12.8 Å². The van der Waals surface area contributed by atoms with E-state index in [0.29, 0.717) is 11.3 Å². The summed E-state index contributed by atoms with van der Waals surface area (Å²) in [5.74, 6) is -0.626. The number of hydrogen-bond acceptors (Lipinski definition) is 3. The third-order valence-corrected chi connectivity index (χ3v) is 5.44. The molecule has 0 bridgehead atoms. The molecule has 158 valence electrons. The van der Waals surface area contributed by atoms with Crippen LogP contribution in [0.25, 0.3) is 0 Å². The van der Waals surface area contributed by atoms with E-state index in [9.17, 15) is 9.18 Å². The third kappa shape index (κ3) is 4.88. The zero-order valence-electron chi connectivity index (χ0n) is 18.3. The number of carbonyl (C=O) groups is 1. The Bertz CT molecular complexity index is 955. The highest BCUT2D eigenvalue weighted by atomic mass is 19.1. The van der Waals surface area contributed by atoms with Crippen molar-refractivity contribution in [2.45, 2.75) is 58.7 Å². The minimum atomic E-state index is -0.490. The number of rotatable bonds is 6. The van der Waals surface area contributed by atoms with Gasteiger partial charge in [0, 0.05) is 17.3 Å². The van der Waals surface area contributed by atoms with Crippen molar-refractivity contribution in [3.8, 4) is 12.8 Å². The summed E-state index contributed by atoms with van der Waals surface area (Å²) in [4.78, 5) is 17.2. The van der Waals surface area contributed by atoms with Crippen LogP contribution in [0.4, 0.5) is 10.1 Å². The predicted octanol–water partition coefficient (Wildman–Crippen LogP) is 5.04. The molecule has 4 nitrogen and oxygen atoms in total. The molecule has 1 aliphatic heterocycles. The minimum Gasteiger partial charge on any atom is -0.382 e. The number of amides is 1. The number of aryl methyl sites for hydroxylation is 1. The van der Waals surface area contributed by atoms with Gasteiger partial charge in [0.1, 0.15) is 17.1 Å². The Morgan fingerprint density at radius 3 is 2.60 bits per heavy atom. The lowest BCUT2D eigenvalue weighted by molar-refractivity contribution is -0.115. The van der Waals surface area contributed by atoms with E-state index in [2.05, 4.69) is 42.3 Å². The lowest BCUT2D eigenvalue weighted by Gasteiger charge is -2.21. The normalized spacial score (nSPS) is 20.8. The Hall–Kier alpha value is -3.13. The van der Waals surface area contributed by atoms with Gasteiger partial charge in [-0.25, -0.2) is 4.39 Å². The highest BCUT2D eigenvalue weighted by molar-refractivity contribution is 6.44. The van der Waals surface area contributed by atoms with E-state index >= 15 is 0 Å². The van der Waals surface area contributed by atoms with E-state index < -0.39 is 11.6 Å². The topological polar surface area (TPSA) is 53.5 Å². The van der Waals surface area contributed by atoms with E-state index in [1.165, 1.54) is 6.07 Å². The average molecular weight is 408 g/mol.